The number of aromatic hydroxyl groups is 1. The van der Waals surface area contributed by atoms with E-state index in [4.69, 9.17) is 4.74 Å². The Labute approximate surface area is 151 Å². The lowest BCUT2D eigenvalue weighted by atomic mass is 10.2. The van der Waals surface area contributed by atoms with E-state index in [9.17, 15) is 20.0 Å². The Morgan fingerprint density at radius 2 is 2.12 bits per heavy atom. The number of phenols is 1. The van der Waals surface area contributed by atoms with Gasteiger partial charge in [0, 0.05) is 16.3 Å². The molecule has 0 unspecified atom stereocenters. The van der Waals surface area contributed by atoms with Crippen LogP contribution in [0.2, 0.25) is 0 Å². The molecule has 0 spiro atoms. The Kier molecular flexibility index (Phi) is 4.81. The van der Waals surface area contributed by atoms with Crippen molar-refractivity contribution in [3.05, 3.63) is 63.0 Å². The van der Waals surface area contributed by atoms with Crippen molar-refractivity contribution in [2.45, 2.75) is 0 Å². The second-order valence-corrected chi connectivity index (χ2v) is 6.28. The van der Waals surface area contributed by atoms with E-state index in [1.54, 1.807) is 6.07 Å². The van der Waals surface area contributed by atoms with Crippen LogP contribution in [-0.4, -0.2) is 29.3 Å². The summed E-state index contributed by atoms with van der Waals surface area (Å²) in [5.41, 5.74) is 2.16. The molecule has 132 valence electrons. The molecule has 0 saturated carbocycles. The molecule has 0 aliphatic heterocycles. The normalized spacial score (nSPS) is 11.0. The number of fused-ring (bicyclic) bond motifs is 1. The van der Waals surface area contributed by atoms with Crippen LogP contribution in [0.15, 0.2) is 47.6 Å². The predicted octanol–water partition coefficient (Wildman–Crippen LogP) is 3.29. The highest BCUT2D eigenvalue weighted by molar-refractivity contribution is 7.20. The average molecular weight is 371 g/mol. The van der Waals surface area contributed by atoms with Crippen LogP contribution in [0.3, 0.4) is 0 Å². The van der Waals surface area contributed by atoms with E-state index >= 15 is 0 Å². The number of rotatable bonds is 5. The van der Waals surface area contributed by atoms with Gasteiger partial charge in [-0.3, -0.25) is 14.9 Å². The molecule has 3 aromatic rings. The lowest BCUT2D eigenvalue weighted by Gasteiger charge is -2.05. The van der Waals surface area contributed by atoms with Crippen molar-refractivity contribution < 1.29 is 19.6 Å². The highest BCUT2D eigenvalue weighted by Gasteiger charge is 2.19. The summed E-state index contributed by atoms with van der Waals surface area (Å²) >= 11 is 1.34. The lowest BCUT2D eigenvalue weighted by Crippen LogP contribution is -2.16. The number of amides is 1. The van der Waals surface area contributed by atoms with E-state index < -0.39 is 16.4 Å². The molecule has 1 heterocycles. The van der Waals surface area contributed by atoms with Gasteiger partial charge in [-0.15, -0.1) is 11.3 Å². The summed E-state index contributed by atoms with van der Waals surface area (Å²) in [5, 5.41) is 25.5. The maximum absolute atomic E-state index is 12.2. The molecular formula is C17H13N3O5S. The van der Waals surface area contributed by atoms with Crippen LogP contribution in [0.1, 0.15) is 15.2 Å². The second-order valence-electron chi connectivity index (χ2n) is 5.20. The Hall–Kier alpha value is -3.46. The minimum atomic E-state index is -0.731. The number of thiophene rings is 1. The first kappa shape index (κ1) is 17.4. The van der Waals surface area contributed by atoms with Gasteiger partial charge in [0.25, 0.3) is 5.91 Å². The molecule has 2 N–H and O–H groups in total. The Balaban J connectivity index is 1.78. The van der Waals surface area contributed by atoms with Crippen LogP contribution in [0.25, 0.3) is 10.1 Å². The van der Waals surface area contributed by atoms with E-state index in [1.807, 2.05) is 24.3 Å². The van der Waals surface area contributed by atoms with Gasteiger partial charge >= 0.3 is 5.69 Å². The number of carbonyl (C=O) groups is 1. The first-order valence-electron chi connectivity index (χ1n) is 7.37. The molecule has 1 aromatic heterocycles. The summed E-state index contributed by atoms with van der Waals surface area (Å²) in [6, 6.07) is 11.9. The van der Waals surface area contributed by atoms with Crippen molar-refractivity contribution in [2.24, 2.45) is 5.10 Å². The standard InChI is InChI=1S/C17H13N3O5S/c1-25-13-7-10(6-12(16(13)21)20(23)24)9-18-19-17(22)15-8-11-4-2-3-5-14(11)26-15/h2-9,21H,1H3,(H,19,22)/b18-9+. The van der Waals surface area contributed by atoms with Crippen LogP contribution < -0.4 is 10.2 Å². The van der Waals surface area contributed by atoms with E-state index in [0.717, 1.165) is 16.2 Å². The average Bonchev–Trinajstić information content (AvgIpc) is 3.06. The number of ether oxygens (including phenoxy) is 1. The van der Waals surface area contributed by atoms with Crippen molar-refractivity contribution in [1.29, 1.82) is 0 Å². The molecule has 26 heavy (non-hydrogen) atoms. The molecule has 0 aliphatic carbocycles. The maximum Gasteiger partial charge on any atom is 0.315 e. The van der Waals surface area contributed by atoms with E-state index in [-0.39, 0.29) is 11.7 Å². The Morgan fingerprint density at radius 1 is 1.35 bits per heavy atom. The SMILES string of the molecule is COc1cc(/C=N/NC(=O)c2cc3ccccc3s2)cc([N+](=O)[O-])c1O. The van der Waals surface area contributed by atoms with Gasteiger partial charge in [-0.1, -0.05) is 18.2 Å². The van der Waals surface area contributed by atoms with Gasteiger partial charge in [0.1, 0.15) is 0 Å². The number of hydrogen-bond donors (Lipinski definition) is 2. The van der Waals surface area contributed by atoms with Gasteiger partial charge in [-0.2, -0.15) is 5.10 Å². The number of phenolic OH excluding ortho intramolecular Hbond substituents is 1. The third-order valence-electron chi connectivity index (χ3n) is 3.52. The van der Waals surface area contributed by atoms with Crippen molar-refractivity contribution in [2.75, 3.05) is 7.11 Å². The smallest absolute Gasteiger partial charge is 0.315 e. The van der Waals surface area contributed by atoms with Gasteiger partial charge in [0.2, 0.25) is 5.75 Å². The molecule has 0 aliphatic rings. The first-order chi connectivity index (χ1) is 12.5. The van der Waals surface area contributed by atoms with Crippen LogP contribution in [-0.2, 0) is 0 Å². The number of nitrogens with one attached hydrogen (secondary N) is 1. The third kappa shape index (κ3) is 3.47. The molecular weight excluding hydrogens is 358 g/mol. The zero-order valence-corrected chi connectivity index (χ0v) is 14.3. The quantitative estimate of drug-likeness (QED) is 0.406. The number of nitro benzene ring substituents is 1. The van der Waals surface area contributed by atoms with E-state index in [1.165, 1.54) is 30.7 Å². The van der Waals surface area contributed by atoms with Crippen LogP contribution in [0.5, 0.6) is 11.5 Å². The number of hydrogen-bond acceptors (Lipinski definition) is 7. The minimum Gasteiger partial charge on any atom is -0.500 e. The van der Waals surface area contributed by atoms with E-state index in [0.29, 0.717) is 10.4 Å². The molecule has 0 atom stereocenters. The van der Waals surface area contributed by atoms with Crippen LogP contribution >= 0.6 is 11.3 Å². The van der Waals surface area contributed by atoms with E-state index in [2.05, 4.69) is 10.5 Å². The minimum absolute atomic E-state index is 0.0588. The van der Waals surface area contributed by atoms with Crippen LogP contribution in [0.4, 0.5) is 5.69 Å². The molecule has 1 amide bonds. The molecule has 3 rings (SSSR count). The summed E-state index contributed by atoms with van der Waals surface area (Å²) < 4.78 is 5.89. The molecule has 0 radical (unpaired) electrons. The van der Waals surface area contributed by atoms with Gasteiger partial charge in [0.15, 0.2) is 5.75 Å². The highest BCUT2D eigenvalue weighted by atomic mass is 32.1. The maximum atomic E-state index is 12.2. The second kappa shape index (κ2) is 7.19. The fraction of sp³-hybridized carbons (Fsp3) is 0.0588. The molecule has 8 nitrogen and oxygen atoms in total. The highest BCUT2D eigenvalue weighted by Crippen LogP contribution is 2.36. The number of carbonyl (C=O) groups excluding carboxylic acids is 1. The molecule has 9 heteroatoms. The first-order valence-corrected chi connectivity index (χ1v) is 8.18. The Bertz CT molecular complexity index is 995. The molecule has 0 fully saturated rings. The van der Waals surface area contributed by atoms with Gasteiger partial charge < -0.3 is 9.84 Å². The fourth-order valence-electron chi connectivity index (χ4n) is 2.30. The van der Waals surface area contributed by atoms with Gasteiger partial charge in [0.05, 0.1) is 23.1 Å². The zero-order valence-electron chi connectivity index (χ0n) is 13.5. The summed E-state index contributed by atoms with van der Waals surface area (Å²) in [7, 11) is 1.28. The summed E-state index contributed by atoms with van der Waals surface area (Å²) in [4.78, 5) is 22.9. The third-order valence-corrected chi connectivity index (χ3v) is 4.64. The van der Waals surface area contributed by atoms with Crippen molar-refractivity contribution >= 4 is 39.2 Å². The van der Waals surface area contributed by atoms with Gasteiger partial charge in [-0.25, -0.2) is 5.43 Å². The number of hydrazone groups is 1. The largest absolute Gasteiger partial charge is 0.500 e. The van der Waals surface area contributed by atoms with Crippen LogP contribution in [0, 0.1) is 10.1 Å². The number of nitro groups is 1. The van der Waals surface area contributed by atoms with Gasteiger partial charge in [-0.05, 0) is 23.6 Å². The Morgan fingerprint density at radius 3 is 2.81 bits per heavy atom. The zero-order chi connectivity index (χ0) is 18.7. The van der Waals surface area contributed by atoms with Crippen molar-refractivity contribution in [3.63, 3.8) is 0 Å². The lowest BCUT2D eigenvalue weighted by molar-refractivity contribution is -0.386. The summed E-state index contributed by atoms with van der Waals surface area (Å²) in [6.07, 6.45) is 1.24. The predicted molar refractivity (Wildman–Crippen MR) is 98.2 cm³/mol. The monoisotopic (exact) mass is 371 g/mol. The van der Waals surface area contributed by atoms with Crippen molar-refractivity contribution in [3.8, 4) is 11.5 Å². The topological polar surface area (TPSA) is 114 Å². The number of methoxy groups -OCH3 is 1. The summed E-state index contributed by atoms with van der Waals surface area (Å²) in [5.74, 6) is -1.01. The molecule has 0 saturated heterocycles. The fourth-order valence-corrected chi connectivity index (χ4v) is 3.25. The van der Waals surface area contributed by atoms with Crippen molar-refractivity contribution in [1.82, 2.24) is 5.43 Å². The summed E-state index contributed by atoms with van der Waals surface area (Å²) in [6.45, 7) is 0. The number of nitrogens with zero attached hydrogens (tertiary/aromatic N) is 2. The number of benzene rings is 2. The molecule has 0 bridgehead atoms. The molecule has 2 aromatic carbocycles.